The summed E-state index contributed by atoms with van der Waals surface area (Å²) in [6.07, 6.45) is 1.89. The van der Waals surface area contributed by atoms with Gasteiger partial charge in [-0.3, -0.25) is 14.7 Å². The van der Waals surface area contributed by atoms with Gasteiger partial charge in [-0.25, -0.2) is 4.98 Å². The number of thiazole rings is 1. The number of rotatable bonds is 7. The Balaban J connectivity index is 1.34. The second kappa shape index (κ2) is 8.55. The summed E-state index contributed by atoms with van der Waals surface area (Å²) in [5.74, 6) is 0. The van der Waals surface area contributed by atoms with Crippen molar-refractivity contribution in [1.82, 2.24) is 19.7 Å². The van der Waals surface area contributed by atoms with E-state index in [-0.39, 0.29) is 0 Å². The highest BCUT2D eigenvalue weighted by atomic mass is 32.1. The molecule has 3 rings (SSSR count). The van der Waals surface area contributed by atoms with E-state index < -0.39 is 0 Å². The van der Waals surface area contributed by atoms with Crippen LogP contribution in [0.3, 0.4) is 0 Å². The van der Waals surface area contributed by atoms with E-state index in [0.29, 0.717) is 0 Å². The molecule has 0 atom stereocenters. The second-order valence-electron chi connectivity index (χ2n) is 6.27. The smallest absolute Gasteiger partial charge is 0.107 e. The number of aromatic nitrogens is 1. The number of hydrogen-bond donors (Lipinski definition) is 0. The molecule has 2 heterocycles. The van der Waals surface area contributed by atoms with Gasteiger partial charge in [-0.15, -0.1) is 11.3 Å². The maximum Gasteiger partial charge on any atom is 0.107 e. The minimum absolute atomic E-state index is 0.964. The normalized spacial score (nSPS) is 17.0. The van der Waals surface area contributed by atoms with Gasteiger partial charge in [0.05, 0.1) is 6.54 Å². The van der Waals surface area contributed by atoms with Crippen LogP contribution in [0.2, 0.25) is 0 Å². The lowest BCUT2D eigenvalue weighted by Crippen LogP contribution is -2.47. The van der Waals surface area contributed by atoms with Crippen LogP contribution in [0.5, 0.6) is 0 Å². The number of likely N-dealkylation sites (N-methyl/N-ethyl adjacent to an activating group) is 1. The first-order chi connectivity index (χ1) is 11.3. The Morgan fingerprint density at radius 2 is 1.83 bits per heavy atom. The Morgan fingerprint density at radius 3 is 2.52 bits per heavy atom. The highest BCUT2D eigenvalue weighted by molar-refractivity contribution is 7.09. The molecule has 4 nitrogen and oxygen atoms in total. The zero-order valence-electron chi connectivity index (χ0n) is 13.9. The summed E-state index contributed by atoms with van der Waals surface area (Å²) in [7, 11) is 2.19. The number of benzene rings is 1. The zero-order valence-corrected chi connectivity index (χ0v) is 14.7. The topological polar surface area (TPSA) is 22.6 Å². The van der Waals surface area contributed by atoms with Crippen LogP contribution in [-0.2, 0) is 13.1 Å². The van der Waals surface area contributed by atoms with E-state index in [1.807, 2.05) is 6.20 Å². The minimum atomic E-state index is 0.964. The Hall–Kier alpha value is -1.27. The van der Waals surface area contributed by atoms with Gasteiger partial charge < -0.3 is 0 Å². The first kappa shape index (κ1) is 16.6. The third-order valence-electron chi connectivity index (χ3n) is 4.40. The number of nitrogens with zero attached hydrogens (tertiary/aromatic N) is 4. The molecule has 0 unspecified atom stereocenters. The van der Waals surface area contributed by atoms with Gasteiger partial charge in [0.25, 0.3) is 0 Å². The van der Waals surface area contributed by atoms with Gasteiger partial charge in [-0.2, -0.15) is 0 Å². The van der Waals surface area contributed by atoms with Gasteiger partial charge in [0.15, 0.2) is 0 Å². The van der Waals surface area contributed by atoms with Gasteiger partial charge in [0.1, 0.15) is 5.01 Å². The van der Waals surface area contributed by atoms with Crippen LogP contribution in [0.4, 0.5) is 0 Å². The predicted molar refractivity (Wildman–Crippen MR) is 96.6 cm³/mol. The van der Waals surface area contributed by atoms with Crippen molar-refractivity contribution in [3.63, 3.8) is 0 Å². The van der Waals surface area contributed by atoms with Crippen molar-refractivity contribution in [2.24, 2.45) is 0 Å². The molecular formula is C18H26N4S. The van der Waals surface area contributed by atoms with Crippen LogP contribution in [0, 0.1) is 0 Å². The maximum absolute atomic E-state index is 4.36. The molecule has 23 heavy (non-hydrogen) atoms. The Bertz CT molecular complexity index is 550. The second-order valence-corrected chi connectivity index (χ2v) is 7.25. The molecule has 0 bridgehead atoms. The van der Waals surface area contributed by atoms with Crippen molar-refractivity contribution in [2.45, 2.75) is 13.1 Å². The molecule has 0 aliphatic carbocycles. The van der Waals surface area contributed by atoms with Crippen LogP contribution in [-0.4, -0.2) is 66.0 Å². The molecule has 1 aliphatic rings. The van der Waals surface area contributed by atoms with Crippen molar-refractivity contribution in [3.8, 4) is 0 Å². The number of hydrogen-bond acceptors (Lipinski definition) is 5. The van der Waals surface area contributed by atoms with E-state index in [9.17, 15) is 0 Å². The van der Waals surface area contributed by atoms with Crippen LogP contribution >= 0.6 is 11.3 Å². The van der Waals surface area contributed by atoms with Gasteiger partial charge in [-0.05, 0) is 12.6 Å². The third kappa shape index (κ3) is 5.39. The van der Waals surface area contributed by atoms with Crippen LogP contribution in [0.15, 0.2) is 41.9 Å². The quantitative estimate of drug-likeness (QED) is 0.777. The van der Waals surface area contributed by atoms with Gasteiger partial charge in [-0.1, -0.05) is 30.3 Å². The first-order valence-electron chi connectivity index (χ1n) is 8.35. The van der Waals surface area contributed by atoms with Crippen molar-refractivity contribution >= 4 is 11.3 Å². The van der Waals surface area contributed by atoms with E-state index in [2.05, 4.69) is 62.4 Å². The molecule has 1 aromatic heterocycles. The molecule has 0 radical (unpaired) electrons. The fourth-order valence-corrected chi connectivity index (χ4v) is 3.66. The average Bonchev–Trinajstić information content (AvgIpc) is 3.08. The van der Waals surface area contributed by atoms with E-state index in [4.69, 9.17) is 0 Å². The fourth-order valence-electron chi connectivity index (χ4n) is 2.97. The first-order valence-corrected chi connectivity index (χ1v) is 9.23. The molecule has 0 N–H and O–H groups in total. The van der Waals surface area contributed by atoms with Crippen LogP contribution in [0.25, 0.3) is 0 Å². The highest BCUT2D eigenvalue weighted by Crippen LogP contribution is 2.09. The Labute approximate surface area is 143 Å². The minimum Gasteiger partial charge on any atom is -0.300 e. The predicted octanol–water partition coefficient (Wildman–Crippen LogP) is 2.39. The molecular weight excluding hydrogens is 304 g/mol. The largest absolute Gasteiger partial charge is 0.300 e. The molecule has 0 amide bonds. The molecule has 124 valence electrons. The van der Waals surface area contributed by atoms with Crippen molar-refractivity contribution in [3.05, 3.63) is 52.5 Å². The molecule has 1 fully saturated rings. The fraction of sp³-hybridized carbons (Fsp3) is 0.500. The lowest BCUT2D eigenvalue weighted by atomic mass is 10.2. The molecule has 5 heteroatoms. The summed E-state index contributed by atoms with van der Waals surface area (Å²) in [5, 5.41) is 3.26. The van der Waals surface area contributed by atoms with Gasteiger partial charge in [0, 0.05) is 57.4 Å². The third-order valence-corrected chi connectivity index (χ3v) is 5.16. The molecule has 1 aliphatic heterocycles. The molecule has 2 aromatic rings. The van der Waals surface area contributed by atoms with Gasteiger partial charge in [0.2, 0.25) is 0 Å². The zero-order chi connectivity index (χ0) is 15.9. The lowest BCUT2D eigenvalue weighted by Gasteiger charge is -2.35. The summed E-state index contributed by atoms with van der Waals surface area (Å²) in [5.41, 5.74) is 1.42. The van der Waals surface area contributed by atoms with E-state index >= 15 is 0 Å². The van der Waals surface area contributed by atoms with Crippen molar-refractivity contribution in [1.29, 1.82) is 0 Å². The van der Waals surface area contributed by atoms with Crippen molar-refractivity contribution in [2.75, 3.05) is 46.3 Å². The Kier molecular flexibility index (Phi) is 6.16. The van der Waals surface area contributed by atoms with E-state index in [0.717, 1.165) is 26.2 Å². The molecule has 1 aromatic carbocycles. The van der Waals surface area contributed by atoms with E-state index in [1.54, 1.807) is 11.3 Å². The summed E-state index contributed by atoms with van der Waals surface area (Å²) in [6, 6.07) is 10.8. The molecule has 0 spiro atoms. The SMILES string of the molecule is CN(CCN1CCN(Cc2ccccc2)CC1)Cc1nccs1. The monoisotopic (exact) mass is 330 g/mol. The lowest BCUT2D eigenvalue weighted by molar-refractivity contribution is 0.117. The summed E-state index contributed by atoms with van der Waals surface area (Å²) in [4.78, 5) is 11.9. The highest BCUT2D eigenvalue weighted by Gasteiger charge is 2.17. The van der Waals surface area contributed by atoms with Crippen LogP contribution < -0.4 is 0 Å². The summed E-state index contributed by atoms with van der Waals surface area (Å²) in [6.45, 7) is 9.01. The van der Waals surface area contributed by atoms with Crippen LogP contribution in [0.1, 0.15) is 10.6 Å². The number of piperazine rings is 1. The van der Waals surface area contributed by atoms with Gasteiger partial charge >= 0.3 is 0 Å². The van der Waals surface area contributed by atoms with Crippen molar-refractivity contribution < 1.29 is 0 Å². The standard InChI is InChI=1S/C18H26N4S/c1-20(16-18-19-7-14-23-18)8-9-21-10-12-22(13-11-21)15-17-5-3-2-4-6-17/h2-7,14H,8-13,15-16H2,1H3. The maximum atomic E-state index is 4.36. The molecule has 0 saturated carbocycles. The Morgan fingerprint density at radius 1 is 1.09 bits per heavy atom. The summed E-state index contributed by atoms with van der Waals surface area (Å²) < 4.78 is 0. The molecule has 1 saturated heterocycles. The summed E-state index contributed by atoms with van der Waals surface area (Å²) >= 11 is 1.74. The van der Waals surface area contributed by atoms with E-state index in [1.165, 1.54) is 36.8 Å². The average molecular weight is 331 g/mol.